The molecule has 136 valence electrons. The van der Waals surface area contributed by atoms with E-state index in [0.29, 0.717) is 30.0 Å². The number of hydrogen-bond acceptors (Lipinski definition) is 5. The molecule has 0 heterocycles. The van der Waals surface area contributed by atoms with Crippen molar-refractivity contribution in [2.45, 2.75) is 13.2 Å². The topological polar surface area (TPSA) is 71.3 Å². The Kier molecular flexibility index (Phi) is 6.63. The van der Waals surface area contributed by atoms with Gasteiger partial charge in [-0.25, -0.2) is 0 Å². The third-order valence-corrected chi connectivity index (χ3v) is 3.93. The van der Waals surface area contributed by atoms with E-state index < -0.39 is 7.12 Å². The molecule has 27 heavy (non-hydrogen) atoms. The first kappa shape index (κ1) is 18.7. The molecule has 0 aliphatic heterocycles. The Hall–Kier alpha value is -3.09. The number of nitrogens with zero attached hydrogens (tertiary/aromatic N) is 1. The van der Waals surface area contributed by atoms with Crippen molar-refractivity contribution in [1.82, 2.24) is 0 Å². The summed E-state index contributed by atoms with van der Waals surface area (Å²) in [4.78, 5) is 5.29. The average Bonchev–Trinajstić information content (AvgIpc) is 2.71. The van der Waals surface area contributed by atoms with Gasteiger partial charge in [0.15, 0.2) is 0 Å². The van der Waals surface area contributed by atoms with Crippen LogP contribution < -0.4 is 10.2 Å². The molecule has 0 atom stereocenters. The molecule has 0 aromatic heterocycles. The number of rotatable bonds is 8. The standard InChI is InChI=1S/C21H20BNO4/c24-22(25)21-12-11-20(26-15-17-7-3-1-4-8-17)13-19(21)14-23-27-16-18-9-5-2-6-10-18/h1-14,24-25H,15-16H2. The van der Waals surface area contributed by atoms with Gasteiger partial charge >= 0.3 is 7.12 Å². The Morgan fingerprint density at radius 2 is 1.44 bits per heavy atom. The second-order valence-corrected chi connectivity index (χ2v) is 5.93. The molecule has 0 unspecified atom stereocenters. The molecule has 0 saturated carbocycles. The second kappa shape index (κ2) is 9.57. The van der Waals surface area contributed by atoms with E-state index in [1.807, 2.05) is 60.7 Å². The van der Waals surface area contributed by atoms with Gasteiger partial charge in [-0.2, -0.15) is 0 Å². The summed E-state index contributed by atoms with van der Waals surface area (Å²) in [6, 6.07) is 24.5. The molecule has 0 amide bonds. The number of hydrogen-bond donors (Lipinski definition) is 2. The highest BCUT2D eigenvalue weighted by atomic mass is 16.6. The Morgan fingerprint density at radius 1 is 0.815 bits per heavy atom. The van der Waals surface area contributed by atoms with Crippen LogP contribution in [0.15, 0.2) is 84.0 Å². The molecule has 3 rings (SSSR count). The van der Waals surface area contributed by atoms with Crippen molar-refractivity contribution < 1.29 is 19.6 Å². The van der Waals surface area contributed by atoms with Gasteiger partial charge in [0, 0.05) is 0 Å². The summed E-state index contributed by atoms with van der Waals surface area (Å²) in [5, 5.41) is 23.0. The van der Waals surface area contributed by atoms with Gasteiger partial charge in [-0.1, -0.05) is 71.9 Å². The summed E-state index contributed by atoms with van der Waals surface area (Å²) in [7, 11) is -1.61. The summed E-state index contributed by atoms with van der Waals surface area (Å²) in [5.74, 6) is 0.604. The van der Waals surface area contributed by atoms with Crippen molar-refractivity contribution in [2.75, 3.05) is 0 Å². The fourth-order valence-electron chi connectivity index (χ4n) is 2.51. The van der Waals surface area contributed by atoms with Gasteiger partial charge in [-0.3, -0.25) is 0 Å². The van der Waals surface area contributed by atoms with Crippen LogP contribution in [0.25, 0.3) is 0 Å². The fourth-order valence-corrected chi connectivity index (χ4v) is 2.51. The molecule has 6 heteroatoms. The number of oxime groups is 1. The molecular weight excluding hydrogens is 341 g/mol. The number of ether oxygens (including phenoxy) is 1. The van der Waals surface area contributed by atoms with E-state index in [-0.39, 0.29) is 0 Å². The van der Waals surface area contributed by atoms with Crippen LogP contribution in [0.4, 0.5) is 0 Å². The lowest BCUT2D eigenvalue weighted by Gasteiger charge is -2.10. The van der Waals surface area contributed by atoms with E-state index in [1.54, 1.807) is 18.2 Å². The maximum absolute atomic E-state index is 9.55. The zero-order chi connectivity index (χ0) is 18.9. The summed E-state index contributed by atoms with van der Waals surface area (Å²) in [6.45, 7) is 0.751. The van der Waals surface area contributed by atoms with Crippen LogP contribution in [0.2, 0.25) is 0 Å². The molecule has 3 aromatic rings. The Morgan fingerprint density at radius 3 is 2.07 bits per heavy atom. The highest BCUT2D eigenvalue weighted by Gasteiger charge is 2.16. The van der Waals surface area contributed by atoms with Crippen LogP contribution in [-0.4, -0.2) is 23.4 Å². The van der Waals surface area contributed by atoms with E-state index in [2.05, 4.69) is 5.16 Å². The molecule has 0 aliphatic carbocycles. The van der Waals surface area contributed by atoms with Crippen molar-refractivity contribution in [3.8, 4) is 5.75 Å². The highest BCUT2D eigenvalue weighted by Crippen LogP contribution is 2.14. The first-order valence-corrected chi connectivity index (χ1v) is 8.58. The van der Waals surface area contributed by atoms with Crippen LogP contribution in [0, 0.1) is 0 Å². The minimum atomic E-state index is -1.61. The Balaban J connectivity index is 1.66. The van der Waals surface area contributed by atoms with Crippen molar-refractivity contribution in [1.29, 1.82) is 0 Å². The van der Waals surface area contributed by atoms with E-state index in [1.165, 1.54) is 6.21 Å². The van der Waals surface area contributed by atoms with Gasteiger partial charge in [0.25, 0.3) is 0 Å². The van der Waals surface area contributed by atoms with Crippen LogP contribution in [0.3, 0.4) is 0 Å². The van der Waals surface area contributed by atoms with Crippen molar-refractivity contribution in [2.24, 2.45) is 5.16 Å². The minimum absolute atomic E-state index is 0.328. The molecular formula is C21H20BNO4. The zero-order valence-electron chi connectivity index (χ0n) is 14.7. The fraction of sp³-hybridized carbons (Fsp3) is 0.0952. The summed E-state index contributed by atoms with van der Waals surface area (Å²) in [6.07, 6.45) is 1.45. The molecule has 5 nitrogen and oxygen atoms in total. The molecule has 0 saturated heterocycles. The van der Waals surface area contributed by atoms with Crippen LogP contribution in [0.1, 0.15) is 16.7 Å². The van der Waals surface area contributed by atoms with Gasteiger partial charge in [-0.15, -0.1) is 0 Å². The molecule has 0 radical (unpaired) electrons. The SMILES string of the molecule is OB(O)c1ccc(OCc2ccccc2)cc1C=NOCc1ccccc1. The minimum Gasteiger partial charge on any atom is -0.489 e. The third kappa shape index (κ3) is 5.71. The van der Waals surface area contributed by atoms with Crippen molar-refractivity contribution >= 4 is 18.8 Å². The summed E-state index contributed by atoms with van der Waals surface area (Å²) >= 11 is 0. The quantitative estimate of drug-likeness (QED) is 0.367. The van der Waals surface area contributed by atoms with Gasteiger partial charge in [-0.05, 0) is 34.3 Å². The largest absolute Gasteiger partial charge is 0.489 e. The first-order chi connectivity index (χ1) is 13.2. The van der Waals surface area contributed by atoms with E-state index in [0.717, 1.165) is 11.1 Å². The summed E-state index contributed by atoms with van der Waals surface area (Å²) < 4.78 is 5.78. The van der Waals surface area contributed by atoms with Gasteiger partial charge in [0.1, 0.15) is 19.0 Å². The van der Waals surface area contributed by atoms with Gasteiger partial charge < -0.3 is 19.6 Å². The average molecular weight is 361 g/mol. The van der Waals surface area contributed by atoms with E-state index >= 15 is 0 Å². The molecule has 2 N–H and O–H groups in total. The second-order valence-electron chi connectivity index (χ2n) is 5.93. The zero-order valence-corrected chi connectivity index (χ0v) is 14.7. The summed E-state index contributed by atoms with van der Waals surface area (Å²) in [5.41, 5.74) is 2.89. The highest BCUT2D eigenvalue weighted by molar-refractivity contribution is 6.60. The predicted octanol–water partition coefficient (Wildman–Crippen LogP) is 2.50. The monoisotopic (exact) mass is 361 g/mol. The maximum Gasteiger partial charge on any atom is 0.489 e. The maximum atomic E-state index is 9.55. The molecule has 0 spiro atoms. The number of benzene rings is 3. The van der Waals surface area contributed by atoms with Crippen molar-refractivity contribution in [3.05, 3.63) is 95.6 Å². The van der Waals surface area contributed by atoms with Gasteiger partial charge in [0.2, 0.25) is 0 Å². The van der Waals surface area contributed by atoms with Crippen LogP contribution in [-0.2, 0) is 18.1 Å². The predicted molar refractivity (Wildman–Crippen MR) is 106 cm³/mol. The molecule has 3 aromatic carbocycles. The lowest BCUT2D eigenvalue weighted by Crippen LogP contribution is -2.33. The first-order valence-electron chi connectivity index (χ1n) is 8.58. The third-order valence-electron chi connectivity index (χ3n) is 3.93. The Labute approximate surface area is 158 Å². The van der Waals surface area contributed by atoms with Crippen molar-refractivity contribution in [3.63, 3.8) is 0 Å². The van der Waals surface area contributed by atoms with E-state index in [9.17, 15) is 10.0 Å². The normalized spacial score (nSPS) is 10.7. The van der Waals surface area contributed by atoms with Crippen LogP contribution >= 0.6 is 0 Å². The van der Waals surface area contributed by atoms with Gasteiger partial charge in [0.05, 0.1) is 6.21 Å². The molecule has 0 fully saturated rings. The lowest BCUT2D eigenvalue weighted by molar-refractivity contribution is 0.132. The van der Waals surface area contributed by atoms with E-state index in [4.69, 9.17) is 9.57 Å². The molecule has 0 aliphatic rings. The smallest absolute Gasteiger partial charge is 0.489 e. The van der Waals surface area contributed by atoms with Crippen LogP contribution in [0.5, 0.6) is 5.75 Å². The molecule has 0 bridgehead atoms. The lowest BCUT2D eigenvalue weighted by atomic mass is 9.77. The Bertz CT molecular complexity index is 870.